The molecule has 0 aromatic heterocycles. The molecule has 8 nitrogen and oxygen atoms in total. The highest BCUT2D eigenvalue weighted by atomic mass is 32.2. The summed E-state index contributed by atoms with van der Waals surface area (Å²) in [5.41, 5.74) is 0. The van der Waals surface area contributed by atoms with E-state index in [1.165, 1.54) is 4.90 Å². The third-order valence-electron chi connectivity index (χ3n) is 6.22. The van der Waals surface area contributed by atoms with Crippen molar-refractivity contribution in [1.82, 2.24) is 14.9 Å². The molecule has 0 bridgehead atoms. The summed E-state index contributed by atoms with van der Waals surface area (Å²) >= 11 is 0. The van der Waals surface area contributed by atoms with Crippen LogP contribution in [-0.2, 0) is 24.3 Å². The molecule has 2 N–H and O–H groups in total. The normalized spacial score (nSPS) is 20.2. The zero-order chi connectivity index (χ0) is 24.0. The summed E-state index contributed by atoms with van der Waals surface area (Å²) in [7, 11) is -4.01. The number of carbonyl (C=O) groups is 2. The lowest BCUT2D eigenvalue weighted by Gasteiger charge is -2.35. The standard InChI is InChI=1S/C23H34FN3O5S/c1-16(2)22(23(29)26-18-6-3-4-7-18)27(15-19-8-5-13-32-19)21(28)14-25-33(30,31)20-11-9-17(24)10-12-20/h9-12,16,18-19,22,25H,3-8,13-15H2,1-2H3,(H,26,29)/t19-,22+/m0/s1. The molecular formula is C23H34FN3O5S. The molecular weight excluding hydrogens is 449 g/mol. The number of halogens is 1. The zero-order valence-corrected chi connectivity index (χ0v) is 20.1. The number of benzene rings is 1. The number of carbonyl (C=O) groups excluding carboxylic acids is 2. The number of hydrogen-bond acceptors (Lipinski definition) is 5. The molecule has 1 aliphatic carbocycles. The van der Waals surface area contributed by atoms with Gasteiger partial charge in [-0.25, -0.2) is 17.5 Å². The summed E-state index contributed by atoms with van der Waals surface area (Å²) in [5, 5.41) is 3.08. The Balaban J connectivity index is 1.74. The van der Waals surface area contributed by atoms with Crippen molar-refractivity contribution in [2.75, 3.05) is 19.7 Å². The Hall–Kier alpha value is -2.04. The predicted molar refractivity (Wildman–Crippen MR) is 121 cm³/mol. The fourth-order valence-electron chi connectivity index (χ4n) is 4.49. The topological polar surface area (TPSA) is 105 Å². The first kappa shape index (κ1) is 25.6. The van der Waals surface area contributed by atoms with Crippen molar-refractivity contribution < 1.29 is 27.1 Å². The maximum Gasteiger partial charge on any atom is 0.243 e. The molecule has 1 aromatic carbocycles. The van der Waals surface area contributed by atoms with E-state index in [2.05, 4.69) is 10.0 Å². The molecule has 3 rings (SSSR count). The Labute approximate surface area is 195 Å². The summed E-state index contributed by atoms with van der Waals surface area (Å²) in [5.74, 6) is -1.45. The van der Waals surface area contributed by atoms with Gasteiger partial charge in [0.1, 0.15) is 11.9 Å². The van der Waals surface area contributed by atoms with Crippen molar-refractivity contribution in [3.8, 4) is 0 Å². The van der Waals surface area contributed by atoms with Gasteiger partial charge in [0.05, 0.1) is 17.5 Å². The summed E-state index contributed by atoms with van der Waals surface area (Å²) in [6.07, 6.45) is 5.46. The highest BCUT2D eigenvalue weighted by Crippen LogP contribution is 2.21. The van der Waals surface area contributed by atoms with Gasteiger partial charge in [0.15, 0.2) is 0 Å². The van der Waals surface area contributed by atoms with E-state index in [1.807, 2.05) is 13.8 Å². The summed E-state index contributed by atoms with van der Waals surface area (Å²) in [4.78, 5) is 27.8. The molecule has 0 radical (unpaired) electrons. The van der Waals surface area contributed by atoms with E-state index in [0.29, 0.717) is 6.61 Å². The minimum Gasteiger partial charge on any atom is -0.376 e. The summed E-state index contributed by atoms with van der Waals surface area (Å²) in [6.45, 7) is 4.06. The summed E-state index contributed by atoms with van der Waals surface area (Å²) in [6, 6.07) is 3.73. The van der Waals surface area contributed by atoms with Crippen LogP contribution in [0.3, 0.4) is 0 Å². The van der Waals surface area contributed by atoms with Gasteiger partial charge in [-0.2, -0.15) is 0 Å². The van der Waals surface area contributed by atoms with Gasteiger partial charge in [0, 0.05) is 19.2 Å². The minimum atomic E-state index is -4.01. The van der Waals surface area contributed by atoms with Gasteiger partial charge in [-0.15, -0.1) is 0 Å². The van der Waals surface area contributed by atoms with Crippen LogP contribution in [0.2, 0.25) is 0 Å². The molecule has 2 amide bonds. The number of sulfonamides is 1. The first-order valence-electron chi connectivity index (χ1n) is 11.6. The van der Waals surface area contributed by atoms with Crippen molar-refractivity contribution in [3.63, 3.8) is 0 Å². The maximum atomic E-state index is 13.3. The van der Waals surface area contributed by atoms with E-state index in [1.54, 1.807) is 0 Å². The Morgan fingerprint density at radius 3 is 2.36 bits per heavy atom. The molecule has 1 heterocycles. The average molecular weight is 484 g/mol. The molecule has 2 atom stereocenters. The van der Waals surface area contributed by atoms with E-state index in [-0.39, 0.29) is 35.4 Å². The lowest BCUT2D eigenvalue weighted by atomic mass is 9.99. The predicted octanol–water partition coefficient (Wildman–Crippen LogP) is 2.20. The van der Waals surface area contributed by atoms with Crippen molar-refractivity contribution in [2.24, 2.45) is 5.92 Å². The zero-order valence-electron chi connectivity index (χ0n) is 19.3. The van der Waals surface area contributed by atoms with Gasteiger partial charge in [-0.3, -0.25) is 9.59 Å². The molecule has 184 valence electrons. The van der Waals surface area contributed by atoms with Crippen LogP contribution in [-0.4, -0.2) is 63.0 Å². The van der Waals surface area contributed by atoms with Crippen LogP contribution in [0.1, 0.15) is 52.4 Å². The largest absolute Gasteiger partial charge is 0.376 e. The Bertz CT molecular complexity index is 911. The average Bonchev–Trinajstić information content (AvgIpc) is 3.46. The van der Waals surface area contributed by atoms with Crippen molar-refractivity contribution in [3.05, 3.63) is 30.1 Å². The second-order valence-electron chi connectivity index (χ2n) is 9.14. The second kappa shape index (κ2) is 11.4. The van der Waals surface area contributed by atoms with Crippen LogP contribution < -0.4 is 10.0 Å². The molecule has 0 spiro atoms. The third kappa shape index (κ3) is 6.97. The lowest BCUT2D eigenvalue weighted by molar-refractivity contribution is -0.143. The quantitative estimate of drug-likeness (QED) is 0.531. The molecule has 1 aromatic rings. The number of nitrogens with one attached hydrogen (secondary N) is 2. The lowest BCUT2D eigenvalue weighted by Crippen LogP contribution is -2.57. The van der Waals surface area contributed by atoms with E-state index < -0.39 is 34.3 Å². The Morgan fingerprint density at radius 2 is 1.79 bits per heavy atom. The molecule has 2 aliphatic rings. The number of ether oxygens (including phenoxy) is 1. The smallest absolute Gasteiger partial charge is 0.243 e. The fourth-order valence-corrected chi connectivity index (χ4v) is 5.47. The Morgan fingerprint density at radius 1 is 1.12 bits per heavy atom. The molecule has 1 saturated heterocycles. The third-order valence-corrected chi connectivity index (χ3v) is 7.64. The number of rotatable bonds is 10. The maximum absolute atomic E-state index is 13.3. The van der Waals surface area contributed by atoms with Gasteiger partial charge >= 0.3 is 0 Å². The van der Waals surface area contributed by atoms with Crippen molar-refractivity contribution in [1.29, 1.82) is 0 Å². The van der Waals surface area contributed by atoms with Crippen LogP contribution in [0.15, 0.2) is 29.2 Å². The molecule has 10 heteroatoms. The van der Waals surface area contributed by atoms with Crippen molar-refractivity contribution >= 4 is 21.8 Å². The molecule has 0 unspecified atom stereocenters. The molecule has 2 fully saturated rings. The van der Waals surface area contributed by atoms with Crippen molar-refractivity contribution in [2.45, 2.75) is 75.5 Å². The fraction of sp³-hybridized carbons (Fsp3) is 0.652. The van der Waals surface area contributed by atoms with E-state index in [9.17, 15) is 22.4 Å². The number of amides is 2. The van der Waals surface area contributed by atoms with E-state index in [4.69, 9.17) is 4.74 Å². The van der Waals surface area contributed by atoms with Crippen LogP contribution in [0.4, 0.5) is 4.39 Å². The van der Waals surface area contributed by atoms with E-state index in [0.717, 1.165) is 62.8 Å². The van der Waals surface area contributed by atoms with Crippen LogP contribution in [0, 0.1) is 11.7 Å². The van der Waals surface area contributed by atoms with Gasteiger partial charge in [0.25, 0.3) is 0 Å². The SMILES string of the molecule is CC(C)[C@H](C(=O)NC1CCCC1)N(C[C@@H]1CCCO1)C(=O)CNS(=O)(=O)c1ccc(F)cc1. The van der Waals surface area contributed by atoms with Crippen LogP contribution in [0.25, 0.3) is 0 Å². The van der Waals surface area contributed by atoms with Gasteiger partial charge < -0.3 is 15.0 Å². The molecule has 1 aliphatic heterocycles. The first-order valence-corrected chi connectivity index (χ1v) is 13.1. The van der Waals surface area contributed by atoms with Crippen LogP contribution >= 0.6 is 0 Å². The van der Waals surface area contributed by atoms with Gasteiger partial charge in [-0.1, -0.05) is 26.7 Å². The Kier molecular flexibility index (Phi) is 8.83. The van der Waals surface area contributed by atoms with Gasteiger partial charge in [-0.05, 0) is 55.9 Å². The molecule has 1 saturated carbocycles. The summed E-state index contributed by atoms with van der Waals surface area (Å²) < 4.78 is 46.3. The first-order chi connectivity index (χ1) is 15.7. The number of hydrogen-bond donors (Lipinski definition) is 2. The van der Waals surface area contributed by atoms with E-state index >= 15 is 0 Å². The number of nitrogens with zero attached hydrogens (tertiary/aromatic N) is 1. The molecule has 33 heavy (non-hydrogen) atoms. The van der Waals surface area contributed by atoms with Crippen LogP contribution in [0.5, 0.6) is 0 Å². The second-order valence-corrected chi connectivity index (χ2v) is 10.9. The highest BCUT2D eigenvalue weighted by molar-refractivity contribution is 7.89. The van der Waals surface area contributed by atoms with Gasteiger partial charge in [0.2, 0.25) is 21.8 Å². The minimum absolute atomic E-state index is 0.107. The highest BCUT2D eigenvalue weighted by Gasteiger charge is 2.36. The monoisotopic (exact) mass is 483 g/mol.